The zero-order valence-electron chi connectivity index (χ0n) is 29.5. The van der Waals surface area contributed by atoms with Crippen molar-refractivity contribution >= 4 is 5.97 Å². The second-order valence-corrected chi connectivity index (χ2v) is 16.0. The summed E-state index contributed by atoms with van der Waals surface area (Å²) in [6.07, 6.45) is 0. The van der Waals surface area contributed by atoms with Gasteiger partial charge in [0.15, 0.2) is 0 Å². The molecule has 0 bridgehead atoms. The molecule has 0 aliphatic carbocycles. The van der Waals surface area contributed by atoms with Crippen molar-refractivity contribution in [2.24, 2.45) is 0 Å². The third-order valence-corrected chi connectivity index (χ3v) is 8.08. The van der Waals surface area contributed by atoms with Gasteiger partial charge >= 0.3 is 5.97 Å². The number of phenolic OH excluding ortho intramolecular Hbond substituents is 2. The van der Waals surface area contributed by atoms with Crippen LogP contribution in [0, 0.1) is 0 Å². The van der Waals surface area contributed by atoms with E-state index in [4.69, 9.17) is 19.3 Å². The van der Waals surface area contributed by atoms with E-state index < -0.39 is 33.0 Å². The van der Waals surface area contributed by atoms with Crippen LogP contribution in [0.1, 0.15) is 123 Å². The first-order chi connectivity index (χ1) is 20.0. The minimum atomic E-state index is -1.29. The van der Waals surface area contributed by atoms with Crippen LogP contribution < -0.4 is 0 Å². The van der Waals surface area contributed by atoms with Crippen molar-refractivity contribution in [3.63, 3.8) is 0 Å². The predicted molar refractivity (Wildman–Crippen MR) is 177 cm³/mol. The number of carbonyl (C=O) groups excluding carboxylic acids is 1. The summed E-state index contributed by atoms with van der Waals surface area (Å²) in [6, 6.07) is 7.73. The second kappa shape index (κ2) is 13.8. The monoisotopic (exact) mass is 614 g/mol. The number of benzene rings is 2. The van der Waals surface area contributed by atoms with Crippen LogP contribution in [-0.4, -0.2) is 60.9 Å². The van der Waals surface area contributed by atoms with Gasteiger partial charge in [-0.05, 0) is 62.0 Å². The van der Waals surface area contributed by atoms with Gasteiger partial charge in [-0.3, -0.25) is 4.79 Å². The molecule has 0 saturated heterocycles. The summed E-state index contributed by atoms with van der Waals surface area (Å²) in [5.74, 6) is 0.0175. The Bertz CT molecular complexity index is 1130. The molecule has 7 nitrogen and oxygen atoms in total. The molecule has 7 heteroatoms. The maximum absolute atomic E-state index is 14.4. The number of rotatable bonds is 11. The van der Waals surface area contributed by atoms with Crippen LogP contribution >= 0.6 is 0 Å². The maximum Gasteiger partial charge on any atom is 0.320 e. The zero-order valence-corrected chi connectivity index (χ0v) is 29.5. The van der Waals surface area contributed by atoms with Crippen LogP contribution in [0.25, 0.3) is 0 Å². The van der Waals surface area contributed by atoms with E-state index in [1.54, 1.807) is 0 Å². The summed E-state index contributed by atoms with van der Waals surface area (Å²) in [5.41, 5.74) is 1.50. The Morgan fingerprint density at radius 2 is 0.841 bits per heavy atom. The Morgan fingerprint density at radius 1 is 0.545 bits per heavy atom. The van der Waals surface area contributed by atoms with Gasteiger partial charge in [0.25, 0.3) is 0 Å². The number of aliphatic hydroxyl groups is 1. The predicted octanol–water partition coefficient (Wildman–Crippen LogP) is 7.16. The van der Waals surface area contributed by atoms with Crippen molar-refractivity contribution in [3.05, 3.63) is 57.6 Å². The first kappa shape index (κ1) is 37.6. The highest BCUT2D eigenvalue weighted by molar-refractivity contribution is 5.88. The van der Waals surface area contributed by atoms with Crippen LogP contribution in [0.15, 0.2) is 24.3 Å². The van der Waals surface area contributed by atoms with E-state index in [0.717, 1.165) is 22.3 Å². The van der Waals surface area contributed by atoms with Crippen molar-refractivity contribution in [3.8, 4) is 11.5 Å². The highest BCUT2D eigenvalue weighted by Crippen LogP contribution is 2.47. The largest absolute Gasteiger partial charge is 0.507 e. The van der Waals surface area contributed by atoms with Gasteiger partial charge in [0.2, 0.25) is 0 Å². The molecule has 3 N–H and O–H groups in total. The fourth-order valence-electron chi connectivity index (χ4n) is 5.26. The molecule has 2 rings (SSSR count). The molecule has 0 unspecified atom stereocenters. The van der Waals surface area contributed by atoms with E-state index in [-0.39, 0.29) is 37.9 Å². The molecule has 0 fully saturated rings. The lowest BCUT2D eigenvalue weighted by molar-refractivity contribution is -0.150. The summed E-state index contributed by atoms with van der Waals surface area (Å²) in [7, 11) is 0. The summed E-state index contributed by atoms with van der Waals surface area (Å²) < 4.78 is 16.8. The Morgan fingerprint density at radius 3 is 1.14 bits per heavy atom. The summed E-state index contributed by atoms with van der Waals surface area (Å²) >= 11 is 0. The van der Waals surface area contributed by atoms with Gasteiger partial charge in [-0.15, -0.1) is 0 Å². The molecule has 2 aromatic carbocycles. The molecule has 0 radical (unpaired) electrons. The van der Waals surface area contributed by atoms with Crippen molar-refractivity contribution in [1.29, 1.82) is 0 Å². The van der Waals surface area contributed by atoms with Gasteiger partial charge in [-0.1, -0.05) is 107 Å². The quantitative estimate of drug-likeness (QED) is 0.182. The third-order valence-electron chi connectivity index (χ3n) is 8.08. The number of esters is 1. The molecule has 2 aromatic rings. The van der Waals surface area contributed by atoms with Crippen LogP contribution in [0.2, 0.25) is 0 Å². The fourth-order valence-corrected chi connectivity index (χ4v) is 5.26. The molecule has 0 heterocycles. The number of aromatic hydroxyl groups is 2. The Balaban J connectivity index is 2.84. The van der Waals surface area contributed by atoms with Crippen molar-refractivity contribution in [2.75, 3.05) is 39.6 Å². The van der Waals surface area contributed by atoms with Crippen molar-refractivity contribution in [2.45, 2.75) is 117 Å². The van der Waals surface area contributed by atoms with Crippen molar-refractivity contribution < 1.29 is 34.3 Å². The zero-order chi connectivity index (χ0) is 33.9. The molecule has 0 amide bonds. The maximum atomic E-state index is 14.4. The standard InChI is InChI=1S/C37H58O7/c1-33(2,3)26-20-24(21-27(30(26)39)34(4,5)6)37(13,32(41)44-19-18-43-17-16-42-15-14-38)25-22-28(35(7,8)9)31(40)29(23-25)36(10,11)12/h20-23,38-40H,14-19H2,1-13H3. The molecule has 0 saturated carbocycles. The van der Waals surface area contributed by atoms with Gasteiger partial charge < -0.3 is 29.5 Å². The van der Waals surface area contributed by atoms with Crippen LogP contribution in [0.5, 0.6) is 11.5 Å². The molecular formula is C37H58O7. The number of phenols is 2. The van der Waals surface area contributed by atoms with Gasteiger partial charge in [-0.2, -0.15) is 0 Å². The Hall–Kier alpha value is -2.61. The van der Waals surface area contributed by atoms with Crippen LogP contribution in [0.3, 0.4) is 0 Å². The molecule has 0 aliphatic heterocycles. The number of ether oxygens (including phenoxy) is 3. The van der Waals surface area contributed by atoms with Gasteiger partial charge in [0.1, 0.15) is 23.5 Å². The Kier molecular flexibility index (Phi) is 11.8. The number of aliphatic hydroxyl groups excluding tert-OH is 1. The lowest BCUT2D eigenvalue weighted by atomic mass is 9.68. The van der Waals surface area contributed by atoms with E-state index in [0.29, 0.717) is 24.3 Å². The van der Waals surface area contributed by atoms with E-state index >= 15 is 0 Å². The van der Waals surface area contributed by atoms with Gasteiger partial charge in [0.05, 0.1) is 33.0 Å². The first-order valence-corrected chi connectivity index (χ1v) is 15.7. The van der Waals surface area contributed by atoms with Crippen LogP contribution in [0.4, 0.5) is 0 Å². The molecule has 0 aromatic heterocycles. The second-order valence-electron chi connectivity index (χ2n) is 16.0. The average molecular weight is 615 g/mol. The smallest absolute Gasteiger partial charge is 0.320 e. The summed E-state index contributed by atoms with van der Waals surface area (Å²) in [6.45, 7) is 27.5. The first-order valence-electron chi connectivity index (χ1n) is 15.7. The molecular weight excluding hydrogens is 556 g/mol. The topological polar surface area (TPSA) is 105 Å². The number of hydrogen-bond acceptors (Lipinski definition) is 7. The number of carbonyl (C=O) groups is 1. The molecule has 0 atom stereocenters. The minimum Gasteiger partial charge on any atom is -0.507 e. The van der Waals surface area contributed by atoms with Crippen molar-refractivity contribution in [1.82, 2.24) is 0 Å². The number of hydrogen-bond donors (Lipinski definition) is 3. The third kappa shape index (κ3) is 8.76. The average Bonchev–Trinajstić information content (AvgIpc) is 2.87. The highest BCUT2D eigenvalue weighted by Gasteiger charge is 2.43. The summed E-state index contributed by atoms with van der Waals surface area (Å²) in [5, 5.41) is 31.8. The van der Waals surface area contributed by atoms with E-state index in [1.807, 2.05) is 114 Å². The lowest BCUT2D eigenvalue weighted by Crippen LogP contribution is -2.38. The van der Waals surface area contributed by atoms with Gasteiger partial charge in [0, 0.05) is 0 Å². The lowest BCUT2D eigenvalue weighted by Gasteiger charge is -2.36. The molecule has 44 heavy (non-hydrogen) atoms. The highest BCUT2D eigenvalue weighted by atomic mass is 16.6. The molecule has 248 valence electrons. The minimum absolute atomic E-state index is 0.0428. The van der Waals surface area contributed by atoms with Gasteiger partial charge in [-0.25, -0.2) is 0 Å². The van der Waals surface area contributed by atoms with E-state index in [1.165, 1.54) is 0 Å². The fraction of sp³-hybridized carbons (Fsp3) is 0.649. The summed E-state index contributed by atoms with van der Waals surface area (Å²) in [4.78, 5) is 14.4. The Labute approximate surface area is 265 Å². The molecule has 0 spiro atoms. The SMILES string of the molecule is CC(C)(C)c1cc(C(C)(C(=O)OCCOCCOCCO)c2cc(C(C)(C)C)c(O)c(C(C)(C)C)c2)cc(C(C)(C)C)c1O. The van der Waals surface area contributed by atoms with E-state index in [2.05, 4.69) is 0 Å². The van der Waals surface area contributed by atoms with E-state index in [9.17, 15) is 15.0 Å². The molecule has 0 aliphatic rings. The normalized spacial score (nSPS) is 13.3. The van der Waals surface area contributed by atoms with Crippen LogP contribution in [-0.2, 0) is 46.1 Å².